The molecule has 1 aliphatic heterocycles. The van der Waals surface area contributed by atoms with Crippen molar-refractivity contribution in [3.63, 3.8) is 0 Å². The van der Waals surface area contributed by atoms with Crippen molar-refractivity contribution in [2.24, 2.45) is 0 Å². The molecule has 0 bridgehead atoms. The quantitative estimate of drug-likeness (QED) is 0.733. The van der Waals surface area contributed by atoms with E-state index >= 15 is 0 Å². The number of aromatic nitrogens is 2. The van der Waals surface area contributed by atoms with Crippen molar-refractivity contribution in [1.82, 2.24) is 15.5 Å². The van der Waals surface area contributed by atoms with Gasteiger partial charge in [-0.3, -0.25) is 0 Å². The fraction of sp³-hybridized carbons (Fsp3) is 0.778. The number of β-amino-alcohol motifs (C(OH)–C–C–N with tert-alkyl or cyclic N) is 1. The van der Waals surface area contributed by atoms with Crippen LogP contribution < -0.4 is 5.32 Å². The average molecular weight is 213 g/mol. The molecule has 2 unspecified atom stereocenters. The van der Waals surface area contributed by atoms with Gasteiger partial charge in [-0.05, 0) is 13.3 Å². The lowest BCUT2D eigenvalue weighted by Gasteiger charge is -2.01. The van der Waals surface area contributed by atoms with Crippen molar-refractivity contribution < 1.29 is 14.4 Å². The number of aliphatic hydroxyl groups excluding tert-OH is 1. The van der Waals surface area contributed by atoms with Crippen LogP contribution in [0.5, 0.6) is 0 Å². The Labute approximate surface area is 87.6 Å². The van der Waals surface area contributed by atoms with Crippen molar-refractivity contribution in [3.8, 4) is 0 Å². The molecule has 1 saturated heterocycles. The van der Waals surface area contributed by atoms with E-state index in [0.717, 1.165) is 0 Å². The first-order valence-electron chi connectivity index (χ1n) is 5.11. The molecule has 1 aliphatic rings. The van der Waals surface area contributed by atoms with Crippen molar-refractivity contribution in [2.45, 2.75) is 32.1 Å². The summed E-state index contributed by atoms with van der Waals surface area (Å²) in [6.07, 6.45) is 0.299. The minimum absolute atomic E-state index is 0.0251. The summed E-state index contributed by atoms with van der Waals surface area (Å²) < 4.78 is 10.2. The number of hydrogen-bond acceptors (Lipinski definition) is 6. The van der Waals surface area contributed by atoms with Gasteiger partial charge in [-0.15, -0.1) is 0 Å². The summed E-state index contributed by atoms with van der Waals surface area (Å²) in [5.74, 6) is 1.08. The van der Waals surface area contributed by atoms with Gasteiger partial charge in [-0.25, -0.2) is 0 Å². The maximum atomic E-state index is 9.33. The second kappa shape index (κ2) is 4.69. The Bertz CT molecular complexity index is 315. The number of ether oxygens (including phenoxy) is 1. The van der Waals surface area contributed by atoms with E-state index < -0.39 is 0 Å². The molecule has 0 spiro atoms. The van der Waals surface area contributed by atoms with Crippen LogP contribution >= 0.6 is 0 Å². The highest BCUT2D eigenvalue weighted by molar-refractivity contribution is 4.96. The third kappa shape index (κ3) is 2.53. The summed E-state index contributed by atoms with van der Waals surface area (Å²) in [5.41, 5.74) is 0. The van der Waals surface area contributed by atoms with Crippen LogP contribution in [0.4, 0.5) is 0 Å². The number of nitrogens with zero attached hydrogens (tertiary/aromatic N) is 2. The Morgan fingerprint density at radius 2 is 2.53 bits per heavy atom. The minimum Gasteiger partial charge on any atom is -0.392 e. The van der Waals surface area contributed by atoms with Gasteiger partial charge in [0.15, 0.2) is 5.82 Å². The van der Waals surface area contributed by atoms with Gasteiger partial charge < -0.3 is 19.7 Å². The van der Waals surface area contributed by atoms with Crippen LogP contribution in [0.1, 0.15) is 31.1 Å². The lowest BCUT2D eigenvalue weighted by Crippen LogP contribution is -2.15. The molecule has 6 heteroatoms. The van der Waals surface area contributed by atoms with Gasteiger partial charge in [0.05, 0.1) is 12.1 Å². The van der Waals surface area contributed by atoms with Crippen LogP contribution in [-0.2, 0) is 11.3 Å². The summed E-state index contributed by atoms with van der Waals surface area (Å²) in [7, 11) is 0. The average Bonchev–Trinajstić information content (AvgIpc) is 2.83. The number of rotatable bonds is 4. The normalized spacial score (nSPS) is 26.0. The molecule has 6 nitrogen and oxygen atoms in total. The van der Waals surface area contributed by atoms with Crippen LogP contribution in [0.2, 0.25) is 0 Å². The van der Waals surface area contributed by atoms with E-state index in [-0.39, 0.29) is 12.1 Å². The summed E-state index contributed by atoms with van der Waals surface area (Å²) in [6, 6.07) is -0.0251. The van der Waals surface area contributed by atoms with Crippen molar-refractivity contribution in [1.29, 1.82) is 0 Å². The predicted molar refractivity (Wildman–Crippen MR) is 51.0 cm³/mol. The summed E-state index contributed by atoms with van der Waals surface area (Å²) in [5, 5.41) is 16.2. The zero-order valence-corrected chi connectivity index (χ0v) is 8.64. The number of aliphatic hydroxyl groups is 1. The van der Waals surface area contributed by atoms with Gasteiger partial charge in [-0.2, -0.15) is 4.98 Å². The Morgan fingerprint density at radius 3 is 3.20 bits per heavy atom. The fourth-order valence-corrected chi connectivity index (χ4v) is 1.57. The molecule has 1 fully saturated rings. The van der Waals surface area contributed by atoms with Gasteiger partial charge in [0.1, 0.15) is 6.61 Å². The molecule has 15 heavy (non-hydrogen) atoms. The molecule has 2 heterocycles. The van der Waals surface area contributed by atoms with Crippen LogP contribution in [-0.4, -0.2) is 34.5 Å². The first kappa shape index (κ1) is 10.5. The SMILES string of the molecule is CCOCc1noc(C2CC(O)CN2)n1. The molecule has 0 radical (unpaired) electrons. The van der Waals surface area contributed by atoms with E-state index in [0.29, 0.717) is 37.9 Å². The Hall–Kier alpha value is -0.980. The third-order valence-electron chi connectivity index (χ3n) is 2.32. The highest BCUT2D eigenvalue weighted by Gasteiger charge is 2.27. The Balaban J connectivity index is 1.94. The van der Waals surface area contributed by atoms with Crippen LogP contribution in [0.15, 0.2) is 4.52 Å². The van der Waals surface area contributed by atoms with Gasteiger partial charge in [0.2, 0.25) is 5.89 Å². The lowest BCUT2D eigenvalue weighted by molar-refractivity contribution is 0.126. The molecule has 2 atom stereocenters. The fourth-order valence-electron chi connectivity index (χ4n) is 1.57. The number of nitrogens with one attached hydrogen (secondary N) is 1. The Morgan fingerprint density at radius 1 is 1.67 bits per heavy atom. The minimum atomic E-state index is -0.322. The molecule has 84 valence electrons. The summed E-state index contributed by atoms with van der Waals surface area (Å²) >= 11 is 0. The first-order chi connectivity index (χ1) is 7.29. The highest BCUT2D eigenvalue weighted by Crippen LogP contribution is 2.21. The first-order valence-corrected chi connectivity index (χ1v) is 5.11. The van der Waals surface area contributed by atoms with Gasteiger partial charge in [-0.1, -0.05) is 5.16 Å². The van der Waals surface area contributed by atoms with E-state index in [1.54, 1.807) is 0 Å². The van der Waals surface area contributed by atoms with E-state index in [1.165, 1.54) is 0 Å². The van der Waals surface area contributed by atoms with Crippen molar-refractivity contribution in [3.05, 3.63) is 11.7 Å². The largest absolute Gasteiger partial charge is 0.392 e. The van der Waals surface area contributed by atoms with Crippen LogP contribution in [0, 0.1) is 0 Å². The number of hydrogen-bond donors (Lipinski definition) is 2. The monoisotopic (exact) mass is 213 g/mol. The maximum Gasteiger partial charge on any atom is 0.243 e. The van der Waals surface area contributed by atoms with E-state index in [4.69, 9.17) is 9.26 Å². The summed E-state index contributed by atoms with van der Waals surface area (Å²) in [4.78, 5) is 4.19. The maximum absolute atomic E-state index is 9.33. The molecular formula is C9H15N3O3. The van der Waals surface area contributed by atoms with E-state index in [9.17, 15) is 5.11 Å². The molecule has 0 amide bonds. The lowest BCUT2D eigenvalue weighted by atomic mass is 10.2. The zero-order chi connectivity index (χ0) is 10.7. The Kier molecular flexibility index (Phi) is 3.30. The second-order valence-corrected chi connectivity index (χ2v) is 3.54. The van der Waals surface area contributed by atoms with Gasteiger partial charge in [0, 0.05) is 13.2 Å². The molecule has 2 N–H and O–H groups in total. The highest BCUT2D eigenvalue weighted by atomic mass is 16.5. The third-order valence-corrected chi connectivity index (χ3v) is 2.32. The molecule has 0 aliphatic carbocycles. The molecular weight excluding hydrogens is 198 g/mol. The smallest absolute Gasteiger partial charge is 0.243 e. The molecule has 1 aromatic heterocycles. The van der Waals surface area contributed by atoms with Gasteiger partial charge >= 0.3 is 0 Å². The van der Waals surface area contributed by atoms with Gasteiger partial charge in [0.25, 0.3) is 0 Å². The van der Waals surface area contributed by atoms with Crippen LogP contribution in [0.25, 0.3) is 0 Å². The molecule has 2 rings (SSSR count). The predicted octanol–water partition coefficient (Wildman–Crippen LogP) is 0.00140. The van der Waals surface area contributed by atoms with Crippen molar-refractivity contribution in [2.75, 3.05) is 13.2 Å². The molecule has 1 aromatic rings. The zero-order valence-electron chi connectivity index (χ0n) is 8.64. The standard InChI is InChI=1S/C9H15N3O3/c1-2-14-5-8-11-9(15-12-8)7-3-6(13)4-10-7/h6-7,10,13H,2-5H2,1H3. The van der Waals surface area contributed by atoms with E-state index in [2.05, 4.69) is 15.5 Å². The second-order valence-electron chi connectivity index (χ2n) is 3.54. The van der Waals surface area contributed by atoms with Crippen molar-refractivity contribution >= 4 is 0 Å². The van der Waals surface area contributed by atoms with E-state index in [1.807, 2.05) is 6.92 Å². The molecule has 0 saturated carbocycles. The molecule has 0 aromatic carbocycles. The van der Waals surface area contributed by atoms with Crippen LogP contribution in [0.3, 0.4) is 0 Å². The summed E-state index contributed by atoms with van der Waals surface area (Å²) in [6.45, 7) is 3.49. The topological polar surface area (TPSA) is 80.4 Å².